The van der Waals surface area contributed by atoms with Crippen molar-refractivity contribution in [3.05, 3.63) is 53.1 Å². The summed E-state index contributed by atoms with van der Waals surface area (Å²) in [7, 11) is 1.62. The van der Waals surface area contributed by atoms with Crippen LogP contribution in [0.5, 0.6) is 5.75 Å². The molecule has 33 heavy (non-hydrogen) atoms. The van der Waals surface area contributed by atoms with E-state index < -0.39 is 5.97 Å². The number of benzene rings is 1. The zero-order valence-electron chi connectivity index (χ0n) is 18.2. The van der Waals surface area contributed by atoms with Crippen molar-refractivity contribution in [1.29, 1.82) is 0 Å². The lowest BCUT2D eigenvalue weighted by Gasteiger charge is -2.11. The minimum absolute atomic E-state index is 0.0835. The lowest BCUT2D eigenvalue weighted by Crippen LogP contribution is -2.14. The maximum absolute atomic E-state index is 12.6. The summed E-state index contributed by atoms with van der Waals surface area (Å²) in [5, 5.41) is 13.2. The number of hydrogen-bond acceptors (Lipinski definition) is 9. The highest BCUT2D eigenvalue weighted by atomic mass is 32.2. The molecule has 4 rings (SSSR count). The maximum atomic E-state index is 12.6. The molecule has 0 aliphatic carbocycles. The first-order chi connectivity index (χ1) is 15.9. The van der Waals surface area contributed by atoms with Crippen LogP contribution in [0.3, 0.4) is 0 Å². The number of hydrogen-bond donors (Lipinski definition) is 1. The minimum atomic E-state index is -0.495. The lowest BCUT2D eigenvalue weighted by atomic mass is 10.1. The molecule has 9 nitrogen and oxygen atoms in total. The van der Waals surface area contributed by atoms with Gasteiger partial charge in [0.05, 0.1) is 24.1 Å². The van der Waals surface area contributed by atoms with Crippen molar-refractivity contribution in [2.24, 2.45) is 0 Å². The monoisotopic (exact) mass is 483 g/mol. The first-order valence-corrected chi connectivity index (χ1v) is 11.7. The van der Waals surface area contributed by atoms with Crippen LogP contribution in [0.15, 0.2) is 42.1 Å². The molecule has 4 aromatic rings. The first kappa shape index (κ1) is 22.7. The van der Waals surface area contributed by atoms with Crippen LogP contribution in [0.25, 0.3) is 16.6 Å². The van der Waals surface area contributed by atoms with Crippen molar-refractivity contribution >= 4 is 56.7 Å². The number of aromatic nitrogens is 4. The Bertz CT molecular complexity index is 1380. The number of ether oxygens (including phenoxy) is 2. The fraction of sp³-hybridized carbons (Fsp3) is 0.227. The summed E-state index contributed by atoms with van der Waals surface area (Å²) in [6.07, 6.45) is 1.49. The molecule has 0 bridgehead atoms. The number of pyridine rings is 1. The van der Waals surface area contributed by atoms with Gasteiger partial charge < -0.3 is 14.8 Å². The minimum Gasteiger partial charge on any atom is -0.495 e. The molecule has 0 fully saturated rings. The quantitative estimate of drug-likeness (QED) is 0.227. The van der Waals surface area contributed by atoms with Gasteiger partial charge in [0.1, 0.15) is 17.2 Å². The zero-order valence-corrected chi connectivity index (χ0v) is 19.9. The first-order valence-electron chi connectivity index (χ1n) is 9.92. The van der Waals surface area contributed by atoms with Crippen molar-refractivity contribution in [3.8, 4) is 5.75 Å². The van der Waals surface area contributed by atoms with Gasteiger partial charge in [-0.1, -0.05) is 47.9 Å². The fourth-order valence-corrected chi connectivity index (χ4v) is 4.93. The Balaban J connectivity index is 1.53. The number of thioether (sulfide) groups is 1. The van der Waals surface area contributed by atoms with Gasteiger partial charge in [0, 0.05) is 5.39 Å². The molecule has 11 heteroatoms. The van der Waals surface area contributed by atoms with Crippen molar-refractivity contribution in [1.82, 2.24) is 19.6 Å². The molecular formula is C22H21N5O4S2. The van der Waals surface area contributed by atoms with Crippen molar-refractivity contribution < 1.29 is 19.1 Å². The van der Waals surface area contributed by atoms with E-state index in [1.165, 1.54) is 17.8 Å². The molecule has 1 aromatic carbocycles. The predicted molar refractivity (Wildman–Crippen MR) is 128 cm³/mol. The van der Waals surface area contributed by atoms with E-state index in [9.17, 15) is 9.59 Å². The van der Waals surface area contributed by atoms with Crippen LogP contribution < -0.4 is 10.1 Å². The summed E-state index contributed by atoms with van der Waals surface area (Å²) in [5.41, 5.74) is 3.07. The van der Waals surface area contributed by atoms with Gasteiger partial charge in [-0.2, -0.15) is 0 Å². The second-order valence-electron chi connectivity index (χ2n) is 7.02. The van der Waals surface area contributed by atoms with Crippen LogP contribution in [-0.2, 0) is 9.53 Å². The molecule has 0 atom stereocenters. The third-order valence-corrected chi connectivity index (χ3v) is 6.75. The van der Waals surface area contributed by atoms with Crippen LogP contribution in [0.2, 0.25) is 0 Å². The summed E-state index contributed by atoms with van der Waals surface area (Å²) < 4.78 is 12.5. The van der Waals surface area contributed by atoms with Crippen LogP contribution in [0.4, 0.5) is 5.13 Å². The Labute approximate surface area is 197 Å². The molecule has 1 N–H and O–H groups in total. The number of esters is 1. The van der Waals surface area contributed by atoms with Gasteiger partial charge in [-0.05, 0) is 31.5 Å². The smallest absolute Gasteiger partial charge is 0.350 e. The number of fused-ring (bicyclic) bond motifs is 3. The third-order valence-electron chi connectivity index (χ3n) is 4.76. The highest BCUT2D eigenvalue weighted by molar-refractivity contribution is 7.99. The second kappa shape index (κ2) is 9.59. The highest BCUT2D eigenvalue weighted by Crippen LogP contribution is 2.32. The average Bonchev–Trinajstić information content (AvgIpc) is 3.38. The number of amides is 1. The number of para-hydroxylation sites is 1. The largest absolute Gasteiger partial charge is 0.495 e. The summed E-state index contributed by atoms with van der Waals surface area (Å²) in [4.78, 5) is 29.2. The molecule has 0 radical (unpaired) electrons. The van der Waals surface area contributed by atoms with Crippen molar-refractivity contribution in [3.63, 3.8) is 0 Å². The SMILES string of the molecule is C=CCOC(=O)c1sc(NC(=O)CSc2nnc3cc(C)c4cccc(OC)c4n23)nc1C. The van der Waals surface area contributed by atoms with E-state index in [-0.39, 0.29) is 18.3 Å². The Morgan fingerprint density at radius 3 is 2.88 bits per heavy atom. The average molecular weight is 484 g/mol. The number of carbonyl (C=O) groups excluding carboxylic acids is 2. The standard InChI is InChI=1S/C22H21N5O4S2/c1-5-9-31-20(29)19-13(3)23-21(33-19)24-17(28)11-32-22-26-25-16-10-12(2)14-7-6-8-15(30-4)18(14)27(16)22/h5-8,10H,1,9,11H2,2-4H3,(H,23,24,28). The van der Waals surface area contributed by atoms with Gasteiger partial charge in [-0.25, -0.2) is 9.78 Å². The van der Waals surface area contributed by atoms with Gasteiger partial charge >= 0.3 is 5.97 Å². The molecule has 0 saturated carbocycles. The summed E-state index contributed by atoms with van der Waals surface area (Å²) in [6.45, 7) is 7.33. The molecule has 0 saturated heterocycles. The number of carbonyl (C=O) groups is 2. The molecule has 0 unspecified atom stereocenters. The molecule has 3 heterocycles. The van der Waals surface area contributed by atoms with Crippen LogP contribution >= 0.6 is 23.1 Å². The van der Waals surface area contributed by atoms with Gasteiger partial charge in [0.25, 0.3) is 0 Å². The van der Waals surface area contributed by atoms with E-state index in [2.05, 4.69) is 27.1 Å². The summed E-state index contributed by atoms with van der Waals surface area (Å²) in [5.74, 6) is 0.00680. The predicted octanol–water partition coefficient (Wildman–Crippen LogP) is 4.04. The molecule has 170 valence electrons. The molecule has 0 spiro atoms. The number of nitrogens with zero attached hydrogens (tertiary/aromatic N) is 4. The number of aryl methyl sites for hydroxylation is 2. The Kier molecular flexibility index (Phi) is 6.61. The number of methoxy groups -OCH3 is 1. The van der Waals surface area contributed by atoms with E-state index >= 15 is 0 Å². The molecule has 1 amide bonds. The fourth-order valence-electron chi connectivity index (χ4n) is 3.31. The highest BCUT2D eigenvalue weighted by Gasteiger charge is 2.19. The number of anilines is 1. The zero-order chi connectivity index (χ0) is 23.5. The van der Waals surface area contributed by atoms with Gasteiger partial charge in [0.2, 0.25) is 5.91 Å². The normalized spacial score (nSPS) is 11.0. The van der Waals surface area contributed by atoms with E-state index in [0.717, 1.165) is 27.8 Å². The summed E-state index contributed by atoms with van der Waals surface area (Å²) >= 11 is 2.32. The maximum Gasteiger partial charge on any atom is 0.350 e. The number of rotatable bonds is 8. The Morgan fingerprint density at radius 2 is 2.12 bits per heavy atom. The molecular weight excluding hydrogens is 462 g/mol. The van der Waals surface area contributed by atoms with Crippen molar-refractivity contribution in [2.75, 3.05) is 24.8 Å². The number of thiazole rings is 1. The van der Waals surface area contributed by atoms with Gasteiger partial charge in [0.15, 0.2) is 15.9 Å². The van der Waals surface area contributed by atoms with E-state index in [1.807, 2.05) is 35.6 Å². The van der Waals surface area contributed by atoms with E-state index in [1.54, 1.807) is 14.0 Å². The molecule has 3 aromatic heterocycles. The van der Waals surface area contributed by atoms with E-state index in [4.69, 9.17) is 9.47 Å². The number of nitrogens with one attached hydrogen (secondary N) is 1. The Morgan fingerprint density at radius 1 is 1.30 bits per heavy atom. The Hall–Kier alpha value is -3.44. The molecule has 0 aliphatic heterocycles. The van der Waals surface area contributed by atoms with Crippen LogP contribution in [0.1, 0.15) is 20.9 Å². The third kappa shape index (κ3) is 4.55. The van der Waals surface area contributed by atoms with E-state index in [0.29, 0.717) is 32.3 Å². The van der Waals surface area contributed by atoms with Gasteiger partial charge in [-0.15, -0.1) is 10.2 Å². The van der Waals surface area contributed by atoms with Crippen LogP contribution in [-0.4, -0.2) is 50.9 Å². The van der Waals surface area contributed by atoms with Crippen LogP contribution in [0, 0.1) is 13.8 Å². The lowest BCUT2D eigenvalue weighted by molar-refractivity contribution is -0.113. The topological polar surface area (TPSA) is 108 Å². The molecule has 0 aliphatic rings. The summed E-state index contributed by atoms with van der Waals surface area (Å²) in [6, 6.07) is 7.77. The van der Waals surface area contributed by atoms with Gasteiger partial charge in [-0.3, -0.25) is 9.20 Å². The second-order valence-corrected chi connectivity index (χ2v) is 8.96. The van der Waals surface area contributed by atoms with Crippen molar-refractivity contribution in [2.45, 2.75) is 19.0 Å².